The van der Waals surface area contributed by atoms with E-state index < -0.39 is 0 Å². The van der Waals surface area contributed by atoms with Crippen molar-refractivity contribution >= 4 is 10.8 Å². The highest BCUT2D eigenvalue weighted by molar-refractivity contribution is 5.85. The highest BCUT2D eigenvalue weighted by Gasteiger charge is 2.20. The van der Waals surface area contributed by atoms with Crippen molar-refractivity contribution in [3.05, 3.63) is 48.0 Å². The van der Waals surface area contributed by atoms with Gasteiger partial charge in [0.2, 0.25) is 0 Å². The van der Waals surface area contributed by atoms with Crippen LogP contribution < -0.4 is 5.32 Å². The Labute approximate surface area is 128 Å². The van der Waals surface area contributed by atoms with Crippen LogP contribution in [-0.2, 0) is 6.42 Å². The van der Waals surface area contributed by atoms with Gasteiger partial charge in [-0.25, -0.2) is 0 Å². The Balaban J connectivity index is 1.67. The molecular weight excluding hydrogens is 254 g/mol. The molecule has 0 bridgehead atoms. The maximum Gasteiger partial charge on any atom is 0.00819 e. The van der Waals surface area contributed by atoms with Gasteiger partial charge in [0.1, 0.15) is 0 Å². The molecule has 1 nitrogen and oxygen atoms in total. The van der Waals surface area contributed by atoms with Crippen molar-refractivity contribution in [2.24, 2.45) is 5.92 Å². The molecule has 0 aliphatic heterocycles. The fraction of sp³-hybridized carbons (Fsp3) is 0.500. The summed E-state index contributed by atoms with van der Waals surface area (Å²) in [5, 5.41) is 6.63. The minimum absolute atomic E-state index is 0.547. The van der Waals surface area contributed by atoms with Gasteiger partial charge in [0.25, 0.3) is 0 Å². The third kappa shape index (κ3) is 3.65. The molecule has 3 atom stereocenters. The van der Waals surface area contributed by atoms with E-state index >= 15 is 0 Å². The van der Waals surface area contributed by atoms with E-state index in [2.05, 4.69) is 61.6 Å². The Morgan fingerprint density at radius 1 is 1.10 bits per heavy atom. The molecule has 1 fully saturated rings. The van der Waals surface area contributed by atoms with Gasteiger partial charge < -0.3 is 5.32 Å². The zero-order valence-corrected chi connectivity index (χ0v) is 13.3. The first kappa shape index (κ1) is 14.6. The van der Waals surface area contributed by atoms with Crippen LogP contribution in [0.4, 0.5) is 0 Å². The lowest BCUT2D eigenvalue weighted by atomic mass is 9.86. The maximum absolute atomic E-state index is 3.86. The van der Waals surface area contributed by atoms with Gasteiger partial charge in [0, 0.05) is 12.1 Å². The van der Waals surface area contributed by atoms with Gasteiger partial charge in [-0.05, 0) is 48.4 Å². The third-order valence-electron chi connectivity index (χ3n) is 4.86. The molecule has 3 rings (SSSR count). The smallest absolute Gasteiger partial charge is 0.00819 e. The predicted molar refractivity (Wildman–Crippen MR) is 91.7 cm³/mol. The first-order valence-corrected chi connectivity index (χ1v) is 8.45. The van der Waals surface area contributed by atoms with Crippen molar-refractivity contribution in [3.63, 3.8) is 0 Å². The third-order valence-corrected chi connectivity index (χ3v) is 4.86. The largest absolute Gasteiger partial charge is 0.311 e. The monoisotopic (exact) mass is 281 g/mol. The van der Waals surface area contributed by atoms with Gasteiger partial charge in [-0.3, -0.25) is 0 Å². The van der Waals surface area contributed by atoms with E-state index in [-0.39, 0.29) is 0 Å². The fourth-order valence-corrected chi connectivity index (χ4v) is 3.85. The molecule has 0 heterocycles. The lowest BCUT2D eigenvalue weighted by molar-refractivity contribution is 0.284. The van der Waals surface area contributed by atoms with Gasteiger partial charge in [0.15, 0.2) is 0 Å². The van der Waals surface area contributed by atoms with E-state index in [0.717, 1.165) is 18.4 Å². The van der Waals surface area contributed by atoms with Gasteiger partial charge in [0.05, 0.1) is 0 Å². The number of hydrogen-bond acceptors (Lipinski definition) is 1. The molecule has 1 saturated carbocycles. The van der Waals surface area contributed by atoms with Crippen molar-refractivity contribution in [2.75, 3.05) is 0 Å². The van der Waals surface area contributed by atoms with E-state index in [4.69, 9.17) is 0 Å². The molecule has 0 aromatic heterocycles. The summed E-state index contributed by atoms with van der Waals surface area (Å²) in [5.41, 5.74) is 1.47. The lowest BCUT2D eigenvalue weighted by Crippen LogP contribution is -2.40. The summed E-state index contributed by atoms with van der Waals surface area (Å²) in [4.78, 5) is 0. The van der Waals surface area contributed by atoms with E-state index in [1.807, 2.05) is 0 Å². The summed E-state index contributed by atoms with van der Waals surface area (Å²) in [6.07, 6.45) is 6.62. The number of hydrogen-bond donors (Lipinski definition) is 1. The minimum Gasteiger partial charge on any atom is -0.311 e. The molecule has 1 N–H and O–H groups in total. The first-order valence-electron chi connectivity index (χ1n) is 8.45. The summed E-state index contributed by atoms with van der Waals surface area (Å²) in [6.45, 7) is 4.73. The maximum atomic E-state index is 3.86. The highest BCUT2D eigenvalue weighted by atomic mass is 14.9. The van der Waals surface area contributed by atoms with Crippen molar-refractivity contribution in [1.29, 1.82) is 0 Å². The quantitative estimate of drug-likeness (QED) is 0.837. The molecule has 1 heteroatoms. The summed E-state index contributed by atoms with van der Waals surface area (Å²) in [6, 6.07) is 16.7. The Bertz CT molecular complexity index is 584. The normalized spacial score (nSPS) is 24.1. The van der Waals surface area contributed by atoms with Crippen LogP contribution in [0.2, 0.25) is 0 Å². The van der Waals surface area contributed by atoms with Crippen LogP contribution in [0, 0.1) is 5.92 Å². The zero-order valence-electron chi connectivity index (χ0n) is 13.3. The molecule has 112 valence electrons. The van der Waals surface area contributed by atoms with E-state index in [9.17, 15) is 0 Å². The second kappa shape index (κ2) is 6.62. The fourth-order valence-electron chi connectivity index (χ4n) is 3.85. The number of fused-ring (bicyclic) bond motifs is 1. The summed E-state index contributed by atoms with van der Waals surface area (Å²) < 4.78 is 0. The minimum atomic E-state index is 0.547. The van der Waals surface area contributed by atoms with Crippen LogP contribution in [-0.4, -0.2) is 12.1 Å². The highest BCUT2D eigenvalue weighted by Crippen LogP contribution is 2.25. The van der Waals surface area contributed by atoms with Crippen LogP contribution in [0.25, 0.3) is 10.8 Å². The van der Waals surface area contributed by atoms with Crippen molar-refractivity contribution in [3.8, 4) is 0 Å². The van der Waals surface area contributed by atoms with Crippen molar-refractivity contribution < 1.29 is 0 Å². The average molecular weight is 281 g/mol. The zero-order chi connectivity index (χ0) is 14.7. The second-order valence-corrected chi connectivity index (χ2v) is 6.88. The Kier molecular flexibility index (Phi) is 4.60. The molecule has 0 radical (unpaired) electrons. The second-order valence-electron chi connectivity index (χ2n) is 6.88. The number of nitrogens with one attached hydrogen (secondary N) is 1. The van der Waals surface area contributed by atoms with Crippen molar-refractivity contribution in [2.45, 2.75) is 58.0 Å². The Morgan fingerprint density at radius 2 is 1.90 bits per heavy atom. The molecule has 2 aromatic rings. The molecule has 1 aliphatic rings. The summed E-state index contributed by atoms with van der Waals surface area (Å²) >= 11 is 0. The van der Waals surface area contributed by atoms with E-state index in [0.29, 0.717) is 6.04 Å². The number of benzene rings is 2. The molecule has 0 amide bonds. The van der Waals surface area contributed by atoms with E-state index in [1.165, 1.54) is 42.0 Å². The average Bonchev–Trinajstić information content (AvgIpc) is 2.47. The van der Waals surface area contributed by atoms with Gasteiger partial charge in [-0.15, -0.1) is 0 Å². The van der Waals surface area contributed by atoms with Crippen LogP contribution in [0.5, 0.6) is 0 Å². The van der Waals surface area contributed by atoms with Crippen LogP contribution in [0.1, 0.15) is 45.1 Å². The van der Waals surface area contributed by atoms with Crippen LogP contribution >= 0.6 is 0 Å². The Morgan fingerprint density at radius 3 is 2.76 bits per heavy atom. The summed E-state index contributed by atoms with van der Waals surface area (Å²) in [7, 11) is 0. The molecule has 3 unspecified atom stereocenters. The van der Waals surface area contributed by atoms with Gasteiger partial charge in [-0.2, -0.15) is 0 Å². The van der Waals surface area contributed by atoms with Gasteiger partial charge in [-0.1, -0.05) is 62.2 Å². The summed E-state index contributed by atoms with van der Waals surface area (Å²) in [5.74, 6) is 0.890. The lowest BCUT2D eigenvalue weighted by Gasteiger charge is -2.30. The first-order chi connectivity index (χ1) is 10.2. The topological polar surface area (TPSA) is 12.0 Å². The van der Waals surface area contributed by atoms with Crippen LogP contribution in [0.15, 0.2) is 42.5 Å². The Hall–Kier alpha value is -1.34. The van der Waals surface area contributed by atoms with Gasteiger partial charge >= 0.3 is 0 Å². The van der Waals surface area contributed by atoms with E-state index in [1.54, 1.807) is 0 Å². The SMILES string of the molecule is CC1CCCC(NC(C)Cc2cccc3ccccc23)C1. The molecule has 0 saturated heterocycles. The molecular formula is C20H27N. The molecule has 0 spiro atoms. The molecule has 21 heavy (non-hydrogen) atoms. The predicted octanol–water partition coefficient (Wildman–Crippen LogP) is 4.94. The van der Waals surface area contributed by atoms with Crippen molar-refractivity contribution in [1.82, 2.24) is 5.32 Å². The standard InChI is InChI=1S/C20H27N/c1-15-7-5-11-19(13-15)21-16(2)14-18-10-6-9-17-8-3-4-12-20(17)18/h3-4,6,8-10,12,15-16,19,21H,5,7,11,13-14H2,1-2H3. The number of rotatable bonds is 4. The molecule has 1 aliphatic carbocycles. The van der Waals surface area contributed by atoms with Crippen LogP contribution in [0.3, 0.4) is 0 Å². The molecule has 2 aromatic carbocycles.